The topological polar surface area (TPSA) is 239 Å². The zero-order chi connectivity index (χ0) is 4.50. The van der Waals surface area contributed by atoms with E-state index in [4.69, 9.17) is 19.2 Å². The summed E-state index contributed by atoms with van der Waals surface area (Å²) in [4.78, 5) is 21.6. The van der Waals surface area contributed by atoms with Crippen LogP contribution in [0.2, 0.25) is 0 Å². The van der Waals surface area contributed by atoms with E-state index in [0.29, 0.717) is 0 Å². The molecule has 0 saturated heterocycles. The summed E-state index contributed by atoms with van der Waals surface area (Å²) in [5, 5.41) is 0. The number of hydrogen-bond donors (Lipinski definition) is 4. The van der Waals surface area contributed by atoms with Crippen molar-refractivity contribution in [1.29, 1.82) is 0 Å². The van der Waals surface area contributed by atoms with E-state index in [9.17, 15) is 0 Å². The van der Waals surface area contributed by atoms with Gasteiger partial charge in [0, 0.05) is 0 Å². The van der Waals surface area contributed by atoms with Crippen LogP contribution in [0.3, 0.4) is 0 Å². The van der Waals surface area contributed by atoms with E-state index >= 15 is 0 Å². The number of hydrogen-bond acceptors (Lipinski definition) is 2. The van der Waals surface area contributed by atoms with Crippen LogP contribution >= 0.6 is 7.82 Å². The predicted molar refractivity (Wildman–Crippen MR) is 36.0 cm³/mol. The molecule has 9 nitrogen and oxygen atoms in total. The Labute approximate surface area is 116 Å². The third-order valence-electron chi connectivity index (χ3n) is 0. The molecule has 0 saturated carbocycles. The van der Waals surface area contributed by atoms with Crippen LogP contribution in [0, 0.1) is 0 Å². The second kappa shape index (κ2) is 29.3. The second-order valence-electron chi connectivity index (χ2n) is 0.513. The van der Waals surface area contributed by atoms with Gasteiger partial charge in [0.2, 0.25) is 0 Å². The molecule has 0 aliphatic carbocycles. The summed E-state index contributed by atoms with van der Waals surface area (Å²) in [7, 11) is -4.64. The standard InChI is InChI=1S/H3N.2Na.H3O4P.4H2O.2H/c;;;1-5(2,3)4;;;;;;/h1H3;;;(H3,1,2,3,4);4*1H2;;/q;2*+1;;;;;;2*-1. The molecule has 0 unspecified atom stereocenters. The molecular weight excluding hydrogens is 219 g/mol. The monoisotopic (exact) mass is 235 g/mol. The van der Waals surface area contributed by atoms with Gasteiger partial charge in [-0.1, -0.05) is 0 Å². The first-order chi connectivity index (χ1) is 2.00. The molecule has 0 rings (SSSR count). The molecule has 0 heterocycles. The summed E-state index contributed by atoms with van der Waals surface area (Å²) < 4.78 is 8.88. The molecule has 0 aliphatic heterocycles. The summed E-state index contributed by atoms with van der Waals surface area (Å²) in [6.07, 6.45) is 0. The van der Waals surface area contributed by atoms with Crippen LogP contribution in [0.25, 0.3) is 0 Å². The molecule has 14 N–H and O–H groups in total. The average molecular weight is 235 g/mol. The Morgan fingerprint density at radius 2 is 0.833 bits per heavy atom. The Morgan fingerprint density at radius 1 is 0.833 bits per heavy atom. The summed E-state index contributed by atoms with van der Waals surface area (Å²) in [6, 6.07) is 0. The van der Waals surface area contributed by atoms with Gasteiger partial charge in [0.05, 0.1) is 0 Å². The molecule has 0 bridgehead atoms. The third kappa shape index (κ3) is 389. The van der Waals surface area contributed by atoms with Gasteiger partial charge >= 0.3 is 66.9 Å². The normalized spacial score (nSPS) is 4.92. The van der Waals surface area contributed by atoms with Crippen LogP contribution in [0.4, 0.5) is 0 Å². The fourth-order valence-corrected chi connectivity index (χ4v) is 0. The van der Waals surface area contributed by atoms with Crippen LogP contribution < -0.4 is 65.3 Å². The van der Waals surface area contributed by atoms with E-state index in [2.05, 4.69) is 0 Å². The van der Waals surface area contributed by atoms with Crippen LogP contribution in [-0.4, -0.2) is 36.6 Å². The Morgan fingerprint density at radius 3 is 0.833 bits per heavy atom. The van der Waals surface area contributed by atoms with Gasteiger partial charge in [-0.05, 0) is 0 Å². The average Bonchev–Trinajstić information content (AvgIpc) is 0.722. The molecule has 0 spiro atoms. The quantitative estimate of drug-likeness (QED) is 0.235. The van der Waals surface area contributed by atoms with E-state index in [1.54, 1.807) is 0 Å². The van der Waals surface area contributed by atoms with Gasteiger partial charge in [0.1, 0.15) is 0 Å². The third-order valence-corrected chi connectivity index (χ3v) is 0. The van der Waals surface area contributed by atoms with E-state index in [1.165, 1.54) is 0 Å². The van der Waals surface area contributed by atoms with Gasteiger partial charge in [-0.3, -0.25) is 0 Å². The Kier molecular flexibility index (Phi) is 162. The van der Waals surface area contributed by atoms with Crippen molar-refractivity contribution in [3.8, 4) is 0 Å². The fraction of sp³-hybridized carbons (Fsp3) is 0. The minimum atomic E-state index is -4.64. The Bertz CT molecular complexity index is 71.5. The maximum atomic E-state index is 8.88. The zero-order valence-corrected chi connectivity index (χ0v) is 11.8. The minimum absolute atomic E-state index is 0. The predicted octanol–water partition coefficient (Wildman–Crippen LogP) is -9.83. The smallest absolute Gasteiger partial charge is 1.00 e. The Balaban J connectivity index is -0.00000000222. The van der Waals surface area contributed by atoms with Gasteiger partial charge in [-0.25, -0.2) is 4.57 Å². The molecule has 0 aromatic heterocycles. The van der Waals surface area contributed by atoms with Crippen molar-refractivity contribution < 1.29 is 103 Å². The largest absolute Gasteiger partial charge is 1.00 e. The molecule has 76 valence electrons. The number of rotatable bonds is 0. The number of phosphoric acid groups is 1. The van der Waals surface area contributed by atoms with Gasteiger partial charge in [-0.2, -0.15) is 0 Å². The van der Waals surface area contributed by atoms with Gasteiger partial charge < -0.3 is 45.6 Å². The first-order valence-electron chi connectivity index (χ1n) is 0.783. The molecule has 0 aromatic rings. The van der Waals surface area contributed by atoms with Crippen LogP contribution in [0.15, 0.2) is 0 Å². The Hall–Kier alpha value is 1.91. The summed E-state index contributed by atoms with van der Waals surface area (Å²) >= 11 is 0. The fourth-order valence-electron chi connectivity index (χ4n) is 0. The van der Waals surface area contributed by atoms with Crippen molar-refractivity contribution in [2.45, 2.75) is 0 Å². The second-order valence-corrected chi connectivity index (χ2v) is 1.54. The molecule has 0 aromatic carbocycles. The van der Waals surface area contributed by atoms with Crippen molar-refractivity contribution in [3.05, 3.63) is 0 Å². The SMILES string of the molecule is N.O.O.O.O.O=P(O)(O)O.[H-].[H-].[Na+].[Na+]. The first kappa shape index (κ1) is 66.4. The molecule has 0 radical (unpaired) electrons. The molecule has 0 atom stereocenters. The van der Waals surface area contributed by atoms with Crippen LogP contribution in [-0.2, 0) is 4.57 Å². The molecule has 0 fully saturated rings. The van der Waals surface area contributed by atoms with Gasteiger partial charge in [-0.15, -0.1) is 0 Å². The van der Waals surface area contributed by atoms with Gasteiger partial charge in [0.25, 0.3) is 0 Å². The zero-order valence-electron chi connectivity index (χ0n) is 8.90. The molecule has 12 heteroatoms. The minimum Gasteiger partial charge on any atom is -1.00 e. The molecule has 0 aliphatic rings. The van der Waals surface area contributed by atoms with Gasteiger partial charge in [0.15, 0.2) is 0 Å². The summed E-state index contributed by atoms with van der Waals surface area (Å²) in [6.45, 7) is 0. The van der Waals surface area contributed by atoms with Crippen molar-refractivity contribution in [2.24, 2.45) is 0 Å². The van der Waals surface area contributed by atoms with E-state index in [1.807, 2.05) is 0 Å². The van der Waals surface area contributed by atoms with E-state index in [0.717, 1.165) is 0 Å². The van der Waals surface area contributed by atoms with Crippen LogP contribution in [0.5, 0.6) is 0 Å². The van der Waals surface area contributed by atoms with E-state index < -0.39 is 7.82 Å². The summed E-state index contributed by atoms with van der Waals surface area (Å²) in [5.74, 6) is 0. The summed E-state index contributed by atoms with van der Waals surface area (Å²) in [5.41, 5.74) is 0. The van der Waals surface area contributed by atoms with Crippen molar-refractivity contribution in [3.63, 3.8) is 0 Å². The van der Waals surface area contributed by atoms with Crippen molar-refractivity contribution in [2.75, 3.05) is 0 Å². The van der Waals surface area contributed by atoms with Crippen molar-refractivity contribution >= 4 is 7.82 Å². The molecule has 12 heavy (non-hydrogen) atoms. The molecular formula is H16NNa2O8P. The van der Waals surface area contributed by atoms with E-state index in [-0.39, 0.29) is 90.0 Å². The maximum Gasteiger partial charge on any atom is 1.00 e. The maximum absolute atomic E-state index is 8.88. The van der Waals surface area contributed by atoms with Crippen molar-refractivity contribution in [1.82, 2.24) is 6.15 Å². The molecule has 0 amide bonds. The first-order valence-corrected chi connectivity index (χ1v) is 2.35. The van der Waals surface area contributed by atoms with Crippen LogP contribution in [0.1, 0.15) is 2.85 Å².